The molecule has 0 atom stereocenters. The standard InChI is InChI=1S/C24H35NO5/c1-7-10-12-28-20-16-22(29-13-11-8-2)18(24(4,5)6)14-17(20)21-15-19(25-30-21)23(26)27-9-3/h14-16H,7-13H2,1-6H3. The Morgan fingerprint density at radius 3 is 2.17 bits per heavy atom. The molecule has 0 N–H and O–H groups in total. The second-order valence-corrected chi connectivity index (χ2v) is 8.30. The first kappa shape index (κ1) is 23.8. The van der Waals surface area contributed by atoms with Crippen LogP contribution in [-0.4, -0.2) is 30.9 Å². The van der Waals surface area contributed by atoms with Gasteiger partial charge in [-0.3, -0.25) is 0 Å². The van der Waals surface area contributed by atoms with E-state index < -0.39 is 5.97 Å². The fourth-order valence-electron chi connectivity index (χ4n) is 2.93. The Kier molecular flexibility index (Phi) is 8.75. The molecule has 0 radical (unpaired) electrons. The van der Waals surface area contributed by atoms with E-state index in [-0.39, 0.29) is 17.7 Å². The van der Waals surface area contributed by atoms with Gasteiger partial charge in [0, 0.05) is 17.7 Å². The van der Waals surface area contributed by atoms with E-state index in [2.05, 4.69) is 39.8 Å². The first-order valence-electron chi connectivity index (χ1n) is 10.9. The summed E-state index contributed by atoms with van der Waals surface area (Å²) in [6.45, 7) is 14.0. The lowest BCUT2D eigenvalue weighted by Crippen LogP contribution is -2.15. The number of unbranched alkanes of at least 4 members (excludes halogenated alkanes) is 2. The maximum absolute atomic E-state index is 12.0. The van der Waals surface area contributed by atoms with Crippen LogP contribution in [0, 0.1) is 0 Å². The van der Waals surface area contributed by atoms with Crippen molar-refractivity contribution in [1.29, 1.82) is 0 Å². The highest BCUT2D eigenvalue weighted by Gasteiger charge is 2.25. The van der Waals surface area contributed by atoms with E-state index in [1.54, 1.807) is 13.0 Å². The summed E-state index contributed by atoms with van der Waals surface area (Å²) in [5.74, 6) is 1.44. The van der Waals surface area contributed by atoms with E-state index in [0.29, 0.717) is 24.7 Å². The van der Waals surface area contributed by atoms with E-state index >= 15 is 0 Å². The fourth-order valence-corrected chi connectivity index (χ4v) is 2.93. The van der Waals surface area contributed by atoms with E-state index in [0.717, 1.165) is 42.6 Å². The summed E-state index contributed by atoms with van der Waals surface area (Å²) in [4.78, 5) is 12.0. The summed E-state index contributed by atoms with van der Waals surface area (Å²) in [6.07, 6.45) is 4.03. The highest BCUT2D eigenvalue weighted by Crippen LogP contribution is 2.41. The highest BCUT2D eigenvalue weighted by molar-refractivity contribution is 5.88. The lowest BCUT2D eigenvalue weighted by atomic mass is 9.85. The van der Waals surface area contributed by atoms with Crippen LogP contribution >= 0.6 is 0 Å². The Hall–Kier alpha value is -2.50. The van der Waals surface area contributed by atoms with Crippen molar-refractivity contribution in [3.05, 3.63) is 29.5 Å². The smallest absolute Gasteiger partial charge is 0.360 e. The molecule has 0 bridgehead atoms. The summed E-state index contributed by atoms with van der Waals surface area (Å²) in [5.41, 5.74) is 1.79. The van der Waals surface area contributed by atoms with Crippen LogP contribution in [0.2, 0.25) is 0 Å². The van der Waals surface area contributed by atoms with Crippen LogP contribution < -0.4 is 9.47 Å². The van der Waals surface area contributed by atoms with Gasteiger partial charge < -0.3 is 18.7 Å². The minimum Gasteiger partial charge on any atom is -0.493 e. The van der Waals surface area contributed by atoms with Gasteiger partial charge in [-0.05, 0) is 31.2 Å². The summed E-state index contributed by atoms with van der Waals surface area (Å²) < 4.78 is 22.7. The normalized spacial score (nSPS) is 11.4. The van der Waals surface area contributed by atoms with Crippen LogP contribution in [0.25, 0.3) is 11.3 Å². The van der Waals surface area contributed by atoms with Crippen molar-refractivity contribution < 1.29 is 23.5 Å². The number of nitrogens with zero attached hydrogens (tertiary/aromatic N) is 1. The highest BCUT2D eigenvalue weighted by atomic mass is 16.5. The van der Waals surface area contributed by atoms with Crippen molar-refractivity contribution in [3.63, 3.8) is 0 Å². The molecule has 0 aliphatic carbocycles. The molecule has 0 saturated heterocycles. The molecule has 0 aliphatic heterocycles. The van der Waals surface area contributed by atoms with Crippen LogP contribution in [0.1, 0.15) is 83.3 Å². The Morgan fingerprint density at radius 1 is 0.967 bits per heavy atom. The molecule has 0 fully saturated rings. The largest absolute Gasteiger partial charge is 0.493 e. The summed E-state index contributed by atoms with van der Waals surface area (Å²) in [7, 11) is 0. The molecule has 0 unspecified atom stereocenters. The van der Waals surface area contributed by atoms with Crippen LogP contribution in [0.3, 0.4) is 0 Å². The maximum Gasteiger partial charge on any atom is 0.360 e. The molecule has 0 amide bonds. The lowest BCUT2D eigenvalue weighted by molar-refractivity contribution is 0.0514. The van der Waals surface area contributed by atoms with Crippen molar-refractivity contribution in [2.75, 3.05) is 19.8 Å². The molecule has 0 saturated carbocycles. The zero-order valence-electron chi connectivity index (χ0n) is 19.2. The van der Waals surface area contributed by atoms with Gasteiger partial charge in [-0.1, -0.05) is 52.6 Å². The number of hydrogen-bond acceptors (Lipinski definition) is 6. The first-order valence-corrected chi connectivity index (χ1v) is 10.9. The Morgan fingerprint density at radius 2 is 1.60 bits per heavy atom. The second-order valence-electron chi connectivity index (χ2n) is 8.30. The molecule has 6 heteroatoms. The van der Waals surface area contributed by atoms with E-state index in [9.17, 15) is 4.79 Å². The third-order valence-electron chi connectivity index (χ3n) is 4.66. The van der Waals surface area contributed by atoms with Crippen LogP contribution in [0.15, 0.2) is 22.7 Å². The minimum absolute atomic E-state index is 0.145. The Balaban J connectivity index is 2.51. The molecule has 6 nitrogen and oxygen atoms in total. The zero-order valence-corrected chi connectivity index (χ0v) is 19.2. The Bertz CT molecular complexity index is 819. The second kappa shape index (κ2) is 11.0. The monoisotopic (exact) mass is 417 g/mol. The quantitative estimate of drug-likeness (QED) is 0.321. The van der Waals surface area contributed by atoms with Crippen LogP contribution in [-0.2, 0) is 10.2 Å². The molecule has 2 rings (SSSR count). The number of ether oxygens (including phenoxy) is 3. The zero-order chi connectivity index (χ0) is 22.1. The van der Waals surface area contributed by atoms with Crippen LogP contribution in [0.4, 0.5) is 0 Å². The van der Waals surface area contributed by atoms with Gasteiger partial charge in [0.25, 0.3) is 0 Å². The third-order valence-corrected chi connectivity index (χ3v) is 4.66. The van der Waals surface area contributed by atoms with Crippen molar-refractivity contribution in [3.8, 4) is 22.8 Å². The molecular weight excluding hydrogens is 382 g/mol. The van der Waals surface area contributed by atoms with Gasteiger partial charge in [-0.15, -0.1) is 0 Å². The summed E-state index contributed by atoms with van der Waals surface area (Å²) in [6, 6.07) is 5.57. The molecule has 1 heterocycles. The summed E-state index contributed by atoms with van der Waals surface area (Å²) in [5, 5.41) is 3.89. The maximum atomic E-state index is 12.0. The molecule has 2 aromatic rings. The molecule has 1 aromatic carbocycles. The molecule has 1 aromatic heterocycles. The van der Waals surface area contributed by atoms with Gasteiger partial charge in [0.05, 0.1) is 25.4 Å². The molecule has 30 heavy (non-hydrogen) atoms. The average molecular weight is 418 g/mol. The minimum atomic E-state index is -0.503. The number of esters is 1. The molecule has 0 spiro atoms. The van der Waals surface area contributed by atoms with Gasteiger partial charge in [-0.25, -0.2) is 4.79 Å². The number of rotatable bonds is 11. The predicted molar refractivity (Wildman–Crippen MR) is 117 cm³/mol. The van der Waals surface area contributed by atoms with Gasteiger partial charge in [0.2, 0.25) is 0 Å². The number of carbonyl (C=O) groups excluding carboxylic acids is 1. The number of aromatic nitrogens is 1. The molecular formula is C24H35NO5. The lowest BCUT2D eigenvalue weighted by Gasteiger charge is -2.25. The SMILES string of the molecule is CCCCOc1cc(OCCCC)c(C(C)(C)C)cc1-c1cc(C(=O)OCC)no1. The number of carbonyl (C=O) groups is 1. The predicted octanol–water partition coefficient (Wildman–Crippen LogP) is 6.17. The van der Waals surface area contributed by atoms with Crippen molar-refractivity contribution in [2.24, 2.45) is 0 Å². The van der Waals surface area contributed by atoms with Gasteiger partial charge >= 0.3 is 5.97 Å². The van der Waals surface area contributed by atoms with Crippen molar-refractivity contribution >= 4 is 5.97 Å². The summed E-state index contributed by atoms with van der Waals surface area (Å²) >= 11 is 0. The fraction of sp³-hybridized carbons (Fsp3) is 0.583. The topological polar surface area (TPSA) is 70.8 Å². The average Bonchev–Trinajstić information content (AvgIpc) is 3.18. The third kappa shape index (κ3) is 6.25. The first-order chi connectivity index (χ1) is 14.3. The van der Waals surface area contributed by atoms with Crippen molar-refractivity contribution in [1.82, 2.24) is 5.16 Å². The van der Waals surface area contributed by atoms with Crippen molar-refractivity contribution in [2.45, 2.75) is 72.6 Å². The van der Waals surface area contributed by atoms with Gasteiger partial charge in [0.15, 0.2) is 11.5 Å². The molecule has 166 valence electrons. The molecule has 0 aliphatic rings. The van der Waals surface area contributed by atoms with Gasteiger partial charge in [0.1, 0.15) is 11.5 Å². The Labute approximate surface area is 179 Å². The number of hydrogen-bond donors (Lipinski definition) is 0. The van der Waals surface area contributed by atoms with E-state index in [1.165, 1.54) is 0 Å². The van der Waals surface area contributed by atoms with Gasteiger partial charge in [-0.2, -0.15) is 0 Å². The van der Waals surface area contributed by atoms with E-state index in [1.807, 2.05) is 12.1 Å². The number of benzene rings is 1. The van der Waals surface area contributed by atoms with Crippen LogP contribution in [0.5, 0.6) is 11.5 Å². The van der Waals surface area contributed by atoms with E-state index in [4.69, 9.17) is 18.7 Å².